The van der Waals surface area contributed by atoms with Gasteiger partial charge in [0, 0.05) is 41.5 Å². The van der Waals surface area contributed by atoms with Gasteiger partial charge in [0.15, 0.2) is 0 Å². The second kappa shape index (κ2) is 7.77. The zero-order valence-corrected chi connectivity index (χ0v) is 15.4. The van der Waals surface area contributed by atoms with Gasteiger partial charge in [0.25, 0.3) is 5.91 Å². The minimum atomic E-state index is -0.302. The second-order valence-corrected chi connectivity index (χ2v) is 6.80. The predicted molar refractivity (Wildman–Crippen MR) is 104 cm³/mol. The summed E-state index contributed by atoms with van der Waals surface area (Å²) >= 11 is 0. The van der Waals surface area contributed by atoms with Crippen molar-refractivity contribution in [3.63, 3.8) is 0 Å². The Morgan fingerprint density at radius 3 is 2.71 bits per heavy atom. The van der Waals surface area contributed by atoms with Gasteiger partial charge in [-0.1, -0.05) is 0 Å². The molecule has 0 bridgehead atoms. The number of aromatic nitrogens is 3. The Kier molecular flexibility index (Phi) is 5.03. The lowest BCUT2D eigenvalue weighted by atomic mass is 10.00. The molecule has 1 aliphatic heterocycles. The van der Waals surface area contributed by atoms with E-state index in [4.69, 9.17) is 4.74 Å². The number of piperidine rings is 1. The Balaban J connectivity index is 1.49. The summed E-state index contributed by atoms with van der Waals surface area (Å²) in [5.74, 6) is -0.411. The van der Waals surface area contributed by atoms with Crippen molar-refractivity contribution in [1.29, 1.82) is 0 Å². The number of rotatable bonds is 4. The van der Waals surface area contributed by atoms with Gasteiger partial charge in [0.1, 0.15) is 11.7 Å². The number of benzene rings is 1. The van der Waals surface area contributed by atoms with Crippen molar-refractivity contribution in [3.8, 4) is 11.3 Å². The van der Waals surface area contributed by atoms with Crippen LogP contribution in [-0.2, 0) is 9.53 Å². The zero-order chi connectivity index (χ0) is 19.5. The second-order valence-electron chi connectivity index (χ2n) is 6.80. The fourth-order valence-electron chi connectivity index (χ4n) is 3.48. The Bertz CT molecular complexity index is 994. The largest absolute Gasteiger partial charge is 0.468 e. The number of fused-ring (bicyclic) bond motifs is 1. The highest BCUT2D eigenvalue weighted by Gasteiger charge is 2.27. The molecule has 4 rings (SSSR count). The first-order chi connectivity index (χ1) is 13.7. The molecule has 1 amide bonds. The van der Waals surface area contributed by atoms with E-state index in [0.29, 0.717) is 24.9 Å². The number of nitrogens with zero attached hydrogens (tertiary/aromatic N) is 2. The van der Waals surface area contributed by atoms with Gasteiger partial charge in [-0.25, -0.2) is 0 Å². The van der Waals surface area contributed by atoms with Crippen molar-refractivity contribution in [2.24, 2.45) is 0 Å². The number of carbonyl (C=O) groups is 2. The molecule has 8 nitrogen and oxygen atoms in total. The van der Waals surface area contributed by atoms with Gasteiger partial charge in [0.2, 0.25) is 0 Å². The van der Waals surface area contributed by atoms with E-state index in [9.17, 15) is 9.59 Å². The SMILES string of the molecule is COC(=O)[C@@H]1CC[C@@H](NC(=O)c2ccc3[nH]nc(-c4ccncc4)c3c2)CN1. The third-order valence-electron chi connectivity index (χ3n) is 5.01. The standard InChI is InChI=1S/C20H21N5O3/c1-28-20(27)17-5-3-14(11-22-17)23-19(26)13-2-4-16-15(10-13)18(25-24-16)12-6-8-21-9-7-12/h2,4,6-10,14,17,22H,3,5,11H2,1H3,(H,23,26)(H,24,25)/t14-,17+/m1/s1. The van der Waals surface area contributed by atoms with Gasteiger partial charge in [-0.15, -0.1) is 0 Å². The molecular weight excluding hydrogens is 358 g/mol. The van der Waals surface area contributed by atoms with Crippen molar-refractivity contribution in [3.05, 3.63) is 48.3 Å². The van der Waals surface area contributed by atoms with E-state index in [1.165, 1.54) is 7.11 Å². The van der Waals surface area contributed by atoms with E-state index >= 15 is 0 Å². The summed E-state index contributed by atoms with van der Waals surface area (Å²) in [4.78, 5) is 28.3. The summed E-state index contributed by atoms with van der Waals surface area (Å²) in [6.45, 7) is 0.529. The molecule has 1 fully saturated rings. The highest BCUT2D eigenvalue weighted by atomic mass is 16.5. The number of pyridine rings is 1. The Hall–Kier alpha value is -3.26. The molecule has 0 spiro atoms. The lowest BCUT2D eigenvalue weighted by Gasteiger charge is -2.28. The molecule has 1 saturated heterocycles. The molecule has 2 aromatic heterocycles. The fourth-order valence-corrected chi connectivity index (χ4v) is 3.48. The van der Waals surface area contributed by atoms with Crippen molar-refractivity contribution in [2.75, 3.05) is 13.7 Å². The molecule has 0 radical (unpaired) electrons. The van der Waals surface area contributed by atoms with Crippen LogP contribution in [0.1, 0.15) is 23.2 Å². The third-order valence-corrected chi connectivity index (χ3v) is 5.01. The molecule has 1 aliphatic rings. The number of hydrogen-bond donors (Lipinski definition) is 3. The van der Waals surface area contributed by atoms with Crippen molar-refractivity contribution in [2.45, 2.75) is 24.9 Å². The summed E-state index contributed by atoms with van der Waals surface area (Å²) < 4.78 is 4.75. The third kappa shape index (κ3) is 3.59. The van der Waals surface area contributed by atoms with Crippen LogP contribution in [0.4, 0.5) is 0 Å². The topological polar surface area (TPSA) is 109 Å². The van der Waals surface area contributed by atoms with E-state index < -0.39 is 0 Å². The maximum atomic E-state index is 12.7. The minimum Gasteiger partial charge on any atom is -0.468 e. The number of hydrogen-bond acceptors (Lipinski definition) is 6. The molecule has 0 unspecified atom stereocenters. The molecule has 3 aromatic rings. The van der Waals surface area contributed by atoms with Crippen LogP contribution in [0, 0.1) is 0 Å². The van der Waals surface area contributed by atoms with E-state index in [1.54, 1.807) is 18.5 Å². The minimum absolute atomic E-state index is 0.0341. The predicted octanol–water partition coefficient (Wildman–Crippen LogP) is 1.65. The number of aromatic amines is 1. The smallest absolute Gasteiger partial charge is 0.322 e. The molecule has 1 aromatic carbocycles. The van der Waals surface area contributed by atoms with Crippen LogP contribution in [0.3, 0.4) is 0 Å². The number of nitrogens with one attached hydrogen (secondary N) is 3. The van der Waals surface area contributed by atoms with Crippen LogP contribution >= 0.6 is 0 Å². The number of ether oxygens (including phenoxy) is 1. The molecule has 28 heavy (non-hydrogen) atoms. The lowest BCUT2D eigenvalue weighted by Crippen LogP contribution is -2.52. The van der Waals surface area contributed by atoms with E-state index in [-0.39, 0.29) is 24.0 Å². The van der Waals surface area contributed by atoms with Gasteiger partial charge in [-0.05, 0) is 43.2 Å². The molecule has 2 atom stereocenters. The first kappa shape index (κ1) is 18.1. The van der Waals surface area contributed by atoms with Crippen LogP contribution in [0.15, 0.2) is 42.7 Å². The summed E-state index contributed by atoms with van der Waals surface area (Å²) in [6, 6.07) is 8.91. The van der Waals surface area contributed by atoms with Gasteiger partial charge in [0.05, 0.1) is 12.6 Å². The van der Waals surface area contributed by atoms with Gasteiger partial charge in [-0.2, -0.15) is 5.10 Å². The van der Waals surface area contributed by atoms with Crippen LogP contribution in [0.2, 0.25) is 0 Å². The average Bonchev–Trinajstić information content (AvgIpc) is 3.17. The fraction of sp³-hybridized carbons (Fsp3) is 0.300. The Morgan fingerprint density at radius 2 is 2.00 bits per heavy atom. The number of H-pyrrole nitrogens is 1. The molecular formula is C20H21N5O3. The first-order valence-corrected chi connectivity index (χ1v) is 9.16. The molecule has 3 N–H and O–H groups in total. The van der Waals surface area contributed by atoms with Gasteiger partial charge < -0.3 is 15.4 Å². The van der Waals surface area contributed by atoms with Crippen LogP contribution in [0.25, 0.3) is 22.2 Å². The van der Waals surface area contributed by atoms with Crippen molar-refractivity contribution in [1.82, 2.24) is 25.8 Å². The summed E-state index contributed by atoms with van der Waals surface area (Å²) in [6.07, 6.45) is 4.77. The highest BCUT2D eigenvalue weighted by Crippen LogP contribution is 2.26. The zero-order valence-electron chi connectivity index (χ0n) is 15.4. The highest BCUT2D eigenvalue weighted by molar-refractivity contribution is 6.01. The molecule has 3 heterocycles. The van der Waals surface area contributed by atoms with Crippen LogP contribution in [-0.4, -0.2) is 52.8 Å². The van der Waals surface area contributed by atoms with E-state index in [0.717, 1.165) is 22.2 Å². The Labute approximate surface area is 161 Å². The van der Waals surface area contributed by atoms with Gasteiger partial charge >= 0.3 is 5.97 Å². The molecule has 8 heteroatoms. The molecule has 0 aliphatic carbocycles. The van der Waals surface area contributed by atoms with E-state index in [1.807, 2.05) is 24.3 Å². The number of methoxy groups -OCH3 is 1. The summed E-state index contributed by atoms with van der Waals surface area (Å²) in [5, 5.41) is 14.4. The number of amides is 1. The lowest BCUT2D eigenvalue weighted by molar-refractivity contribution is -0.143. The van der Waals surface area contributed by atoms with Crippen LogP contribution in [0.5, 0.6) is 0 Å². The van der Waals surface area contributed by atoms with Crippen molar-refractivity contribution >= 4 is 22.8 Å². The monoisotopic (exact) mass is 379 g/mol. The maximum absolute atomic E-state index is 12.7. The Morgan fingerprint density at radius 1 is 1.18 bits per heavy atom. The summed E-state index contributed by atoms with van der Waals surface area (Å²) in [7, 11) is 1.38. The quantitative estimate of drug-likeness (QED) is 0.595. The van der Waals surface area contributed by atoms with Crippen molar-refractivity contribution < 1.29 is 14.3 Å². The normalized spacial score (nSPS) is 19.3. The average molecular weight is 379 g/mol. The summed E-state index contributed by atoms with van der Waals surface area (Å²) in [5.41, 5.74) is 3.15. The molecule has 0 saturated carbocycles. The maximum Gasteiger partial charge on any atom is 0.322 e. The molecule has 144 valence electrons. The van der Waals surface area contributed by atoms with Crippen LogP contribution < -0.4 is 10.6 Å². The van der Waals surface area contributed by atoms with Gasteiger partial charge in [-0.3, -0.25) is 19.7 Å². The number of esters is 1. The first-order valence-electron chi connectivity index (χ1n) is 9.16. The number of carbonyl (C=O) groups excluding carboxylic acids is 2. The van der Waals surface area contributed by atoms with E-state index in [2.05, 4.69) is 25.8 Å².